The molecule has 1 aromatic carbocycles. The van der Waals surface area contributed by atoms with Gasteiger partial charge in [-0.25, -0.2) is 4.90 Å². The van der Waals surface area contributed by atoms with E-state index in [0.29, 0.717) is 5.56 Å². The lowest BCUT2D eigenvalue weighted by atomic mass is 9.99. The molecule has 0 amide bonds. The van der Waals surface area contributed by atoms with Crippen molar-refractivity contribution in [3.05, 3.63) is 46.0 Å². The van der Waals surface area contributed by atoms with Crippen LogP contribution >= 0.6 is 0 Å². The largest absolute Gasteiger partial charge is 0.481 e. The second-order valence-electron chi connectivity index (χ2n) is 4.92. The van der Waals surface area contributed by atoms with Gasteiger partial charge < -0.3 is 9.84 Å². The van der Waals surface area contributed by atoms with E-state index in [0.717, 1.165) is 0 Å². The number of carbonyl (C=O) groups excluding carboxylic acids is 1. The Morgan fingerprint density at radius 1 is 1.41 bits per heavy atom. The summed E-state index contributed by atoms with van der Waals surface area (Å²) in [5.41, 5.74) is 0.335. The van der Waals surface area contributed by atoms with Crippen molar-refractivity contribution in [2.45, 2.75) is 18.6 Å². The SMILES string of the molecule is O=C(O)CC(C(=O)c1ccccc1)N1CCOCC1[N+](=O)[O-]. The summed E-state index contributed by atoms with van der Waals surface area (Å²) < 4.78 is 5.07. The molecule has 1 N–H and O–H groups in total. The molecule has 2 rings (SSSR count). The summed E-state index contributed by atoms with van der Waals surface area (Å²) in [6, 6.07) is 7.11. The molecule has 0 spiro atoms. The van der Waals surface area contributed by atoms with Gasteiger partial charge in [0.05, 0.1) is 19.1 Å². The summed E-state index contributed by atoms with van der Waals surface area (Å²) in [5, 5.41) is 20.2. The number of rotatable bonds is 6. The van der Waals surface area contributed by atoms with Crippen LogP contribution in [0.5, 0.6) is 0 Å². The van der Waals surface area contributed by atoms with Gasteiger partial charge in [0, 0.05) is 17.0 Å². The van der Waals surface area contributed by atoms with Crippen molar-refractivity contribution in [3.63, 3.8) is 0 Å². The Bertz CT molecular complexity index is 562. The number of Topliss-reactive ketones (excluding diaryl/α,β-unsaturated/α-hetero) is 1. The minimum absolute atomic E-state index is 0.141. The van der Waals surface area contributed by atoms with Crippen molar-refractivity contribution in [2.75, 3.05) is 19.8 Å². The Balaban J connectivity index is 2.30. The van der Waals surface area contributed by atoms with E-state index in [1.54, 1.807) is 30.3 Å². The van der Waals surface area contributed by atoms with Crippen molar-refractivity contribution in [2.24, 2.45) is 0 Å². The van der Waals surface area contributed by atoms with Gasteiger partial charge in [0.2, 0.25) is 0 Å². The zero-order valence-electron chi connectivity index (χ0n) is 11.8. The quantitative estimate of drug-likeness (QED) is 0.466. The highest BCUT2D eigenvalue weighted by Gasteiger charge is 2.41. The molecule has 1 aromatic rings. The Kier molecular flexibility index (Phi) is 5.18. The molecule has 1 saturated heterocycles. The van der Waals surface area contributed by atoms with Crippen LogP contribution in [-0.4, -0.2) is 58.6 Å². The molecule has 118 valence electrons. The highest BCUT2D eigenvalue weighted by atomic mass is 16.6. The van der Waals surface area contributed by atoms with Gasteiger partial charge in [0.1, 0.15) is 6.61 Å². The minimum Gasteiger partial charge on any atom is -0.481 e. The number of ketones is 1. The van der Waals surface area contributed by atoms with Gasteiger partial charge in [-0.05, 0) is 0 Å². The minimum atomic E-state index is -1.22. The summed E-state index contributed by atoms with van der Waals surface area (Å²) >= 11 is 0. The standard InChI is InChI=1S/C14H16N2O6/c17-13(18)8-11(14(19)10-4-2-1-3-5-10)15-6-7-22-9-12(15)16(20)21/h1-5,11-12H,6-9H2,(H,17,18). The lowest BCUT2D eigenvalue weighted by Crippen LogP contribution is -2.57. The number of carbonyl (C=O) groups is 2. The lowest BCUT2D eigenvalue weighted by Gasteiger charge is -2.34. The summed E-state index contributed by atoms with van der Waals surface area (Å²) in [6.45, 7) is 0.204. The molecule has 1 aliphatic heterocycles. The average molecular weight is 308 g/mol. The molecule has 0 aliphatic carbocycles. The van der Waals surface area contributed by atoms with Gasteiger partial charge in [-0.3, -0.25) is 19.7 Å². The van der Waals surface area contributed by atoms with Gasteiger partial charge in [0.15, 0.2) is 5.78 Å². The van der Waals surface area contributed by atoms with Crippen LogP contribution in [0.15, 0.2) is 30.3 Å². The molecule has 1 aliphatic rings. The lowest BCUT2D eigenvalue weighted by molar-refractivity contribution is -0.561. The van der Waals surface area contributed by atoms with Crippen LogP contribution in [0, 0.1) is 10.1 Å². The predicted octanol–water partition coefficient (Wildman–Crippen LogP) is 0.648. The van der Waals surface area contributed by atoms with Crippen molar-refractivity contribution < 1.29 is 24.4 Å². The van der Waals surface area contributed by atoms with E-state index in [9.17, 15) is 19.7 Å². The van der Waals surface area contributed by atoms with E-state index < -0.39 is 35.3 Å². The van der Waals surface area contributed by atoms with Crippen LogP contribution in [-0.2, 0) is 9.53 Å². The van der Waals surface area contributed by atoms with Crippen LogP contribution in [0.4, 0.5) is 0 Å². The first-order chi connectivity index (χ1) is 10.5. The van der Waals surface area contributed by atoms with Crippen molar-refractivity contribution in [1.82, 2.24) is 4.90 Å². The van der Waals surface area contributed by atoms with E-state index in [-0.39, 0.29) is 19.8 Å². The number of carboxylic acids is 1. The molecule has 8 heteroatoms. The molecule has 0 aromatic heterocycles. The van der Waals surface area contributed by atoms with E-state index in [2.05, 4.69) is 0 Å². The second kappa shape index (κ2) is 7.10. The number of aliphatic carboxylic acids is 1. The number of ether oxygens (including phenoxy) is 1. The number of hydrogen-bond acceptors (Lipinski definition) is 6. The first-order valence-corrected chi connectivity index (χ1v) is 6.78. The van der Waals surface area contributed by atoms with Gasteiger partial charge in [-0.15, -0.1) is 0 Å². The molecule has 22 heavy (non-hydrogen) atoms. The summed E-state index contributed by atoms with van der Waals surface area (Å²) in [5.74, 6) is -1.61. The van der Waals surface area contributed by atoms with E-state index in [1.165, 1.54) is 4.90 Å². The fourth-order valence-electron chi connectivity index (χ4n) is 2.47. The summed E-state index contributed by atoms with van der Waals surface area (Å²) in [4.78, 5) is 35.6. The fraction of sp³-hybridized carbons (Fsp3) is 0.429. The molecule has 0 bridgehead atoms. The van der Waals surface area contributed by atoms with Crippen molar-refractivity contribution in [3.8, 4) is 0 Å². The van der Waals surface area contributed by atoms with E-state index >= 15 is 0 Å². The number of hydrogen-bond donors (Lipinski definition) is 1. The predicted molar refractivity (Wildman–Crippen MR) is 75.1 cm³/mol. The molecule has 8 nitrogen and oxygen atoms in total. The molecule has 0 radical (unpaired) electrons. The van der Waals surface area contributed by atoms with Gasteiger partial charge in [0.25, 0.3) is 6.17 Å². The van der Waals surface area contributed by atoms with E-state index in [4.69, 9.17) is 9.84 Å². The average Bonchev–Trinajstić information content (AvgIpc) is 2.52. The third kappa shape index (κ3) is 3.66. The molecule has 2 unspecified atom stereocenters. The fourth-order valence-corrected chi connectivity index (χ4v) is 2.47. The number of benzene rings is 1. The maximum absolute atomic E-state index is 12.6. The number of morpholine rings is 1. The van der Waals surface area contributed by atoms with Gasteiger partial charge in [-0.2, -0.15) is 0 Å². The second-order valence-corrected chi connectivity index (χ2v) is 4.92. The van der Waals surface area contributed by atoms with Crippen LogP contribution in [0.2, 0.25) is 0 Å². The van der Waals surface area contributed by atoms with E-state index in [1.807, 2.05) is 0 Å². The Hall–Kier alpha value is -2.32. The zero-order chi connectivity index (χ0) is 16.1. The number of nitro groups is 1. The van der Waals surface area contributed by atoms with Gasteiger partial charge >= 0.3 is 5.97 Å². The smallest absolute Gasteiger partial charge is 0.305 e. The maximum atomic E-state index is 12.6. The Morgan fingerprint density at radius 3 is 2.68 bits per heavy atom. The Labute approximate surface area is 126 Å². The van der Waals surface area contributed by atoms with Crippen LogP contribution in [0.25, 0.3) is 0 Å². The number of carboxylic acid groups (broad SMARTS) is 1. The van der Waals surface area contributed by atoms with Crippen LogP contribution in [0.3, 0.4) is 0 Å². The number of nitrogens with zero attached hydrogens (tertiary/aromatic N) is 2. The molecular weight excluding hydrogens is 292 g/mol. The molecule has 1 heterocycles. The highest BCUT2D eigenvalue weighted by Crippen LogP contribution is 2.19. The molecular formula is C14H16N2O6. The molecule has 0 saturated carbocycles. The third-order valence-electron chi connectivity index (χ3n) is 3.52. The zero-order valence-corrected chi connectivity index (χ0v) is 11.8. The molecule has 2 atom stereocenters. The highest BCUT2D eigenvalue weighted by molar-refractivity contribution is 6.01. The Morgan fingerprint density at radius 2 is 2.09 bits per heavy atom. The summed E-state index contributed by atoms with van der Waals surface area (Å²) in [7, 11) is 0. The van der Waals surface area contributed by atoms with Crippen LogP contribution in [0.1, 0.15) is 16.8 Å². The first-order valence-electron chi connectivity index (χ1n) is 6.78. The third-order valence-corrected chi connectivity index (χ3v) is 3.52. The van der Waals surface area contributed by atoms with Crippen LogP contribution < -0.4 is 0 Å². The maximum Gasteiger partial charge on any atom is 0.305 e. The normalized spacial score (nSPS) is 20.3. The molecule has 1 fully saturated rings. The van der Waals surface area contributed by atoms with Crippen molar-refractivity contribution in [1.29, 1.82) is 0 Å². The first kappa shape index (κ1) is 16.1. The monoisotopic (exact) mass is 308 g/mol. The van der Waals surface area contributed by atoms with Crippen molar-refractivity contribution >= 4 is 11.8 Å². The summed E-state index contributed by atoms with van der Waals surface area (Å²) in [6.07, 6.45) is -1.70. The van der Waals surface area contributed by atoms with Gasteiger partial charge in [-0.1, -0.05) is 30.3 Å². The topological polar surface area (TPSA) is 110 Å².